The minimum absolute atomic E-state index is 0.507. The van der Waals surface area contributed by atoms with Crippen LogP contribution >= 0.6 is 0 Å². The Hall–Kier alpha value is -0.800. The Labute approximate surface area is 104 Å². The monoisotopic (exact) mass is 236 g/mol. The van der Waals surface area contributed by atoms with Crippen LogP contribution in [0, 0.1) is 5.41 Å². The van der Waals surface area contributed by atoms with E-state index in [0.29, 0.717) is 5.41 Å². The summed E-state index contributed by atoms with van der Waals surface area (Å²) in [5.74, 6) is 1.03. The van der Waals surface area contributed by atoms with Crippen molar-refractivity contribution in [3.63, 3.8) is 0 Å². The van der Waals surface area contributed by atoms with Crippen molar-refractivity contribution in [2.45, 2.75) is 39.2 Å². The van der Waals surface area contributed by atoms with Gasteiger partial charge in [-0.3, -0.25) is 0 Å². The maximum absolute atomic E-state index is 5.34. The van der Waals surface area contributed by atoms with Gasteiger partial charge in [-0.05, 0) is 49.9 Å². The Bertz CT molecular complexity index is 297. The summed E-state index contributed by atoms with van der Waals surface area (Å²) in [6.45, 7) is 6.59. The quantitative estimate of drug-likeness (QED) is 0.797. The Kier molecular flexibility index (Phi) is 4.63. The number of rotatable bonds is 6. The first-order valence-corrected chi connectivity index (χ1v) is 6.78. The zero-order valence-electron chi connectivity index (χ0n) is 10.8. The van der Waals surface area contributed by atoms with E-state index in [1.54, 1.807) is 6.26 Å². The molecule has 1 aromatic rings. The molecule has 17 heavy (non-hydrogen) atoms. The lowest BCUT2D eigenvalue weighted by atomic mass is 9.75. The van der Waals surface area contributed by atoms with Crippen LogP contribution in [0.5, 0.6) is 0 Å². The molecule has 1 aliphatic heterocycles. The van der Waals surface area contributed by atoms with Gasteiger partial charge in [-0.2, -0.15) is 0 Å². The lowest BCUT2D eigenvalue weighted by Gasteiger charge is -2.38. The van der Waals surface area contributed by atoms with Crippen molar-refractivity contribution in [3.8, 4) is 0 Å². The van der Waals surface area contributed by atoms with Crippen LogP contribution in [0.2, 0.25) is 0 Å². The third-order valence-corrected chi connectivity index (χ3v) is 3.82. The van der Waals surface area contributed by atoms with E-state index in [2.05, 4.69) is 17.6 Å². The summed E-state index contributed by atoms with van der Waals surface area (Å²) in [6, 6.07) is 3.98. The lowest BCUT2D eigenvalue weighted by molar-refractivity contribution is 0.174. The maximum Gasteiger partial charge on any atom is 0.117 e. The van der Waals surface area contributed by atoms with Crippen LogP contribution in [0.15, 0.2) is 22.8 Å². The molecule has 2 rings (SSSR count). The fraction of sp³-hybridized carbons (Fsp3) is 0.714. The van der Waals surface area contributed by atoms with E-state index < -0.39 is 0 Å². The van der Waals surface area contributed by atoms with E-state index in [-0.39, 0.29) is 0 Å². The average molecular weight is 236 g/mol. The zero-order chi connectivity index (χ0) is 12.0. The van der Waals surface area contributed by atoms with E-state index >= 15 is 0 Å². The van der Waals surface area contributed by atoms with Crippen LogP contribution in [-0.4, -0.2) is 19.6 Å². The van der Waals surface area contributed by atoms with Gasteiger partial charge in [0.25, 0.3) is 0 Å². The van der Waals surface area contributed by atoms with Gasteiger partial charge in [-0.1, -0.05) is 13.3 Å². The number of furan rings is 1. The molecule has 0 amide bonds. The summed E-state index contributed by atoms with van der Waals surface area (Å²) in [7, 11) is 0. The topological polar surface area (TPSA) is 37.2 Å². The standard InChI is InChI=1S/C14H24N2O/c1-2-5-14(6-8-15-9-7-14)12-16-11-13-4-3-10-17-13/h3-4,10,15-16H,2,5-9,11-12H2,1H3. The SMILES string of the molecule is CCCC1(CNCc2ccco2)CCNCC1. The molecule has 0 aliphatic carbocycles. The Morgan fingerprint density at radius 1 is 1.41 bits per heavy atom. The molecule has 0 spiro atoms. The molecule has 0 atom stereocenters. The second-order valence-corrected chi connectivity index (χ2v) is 5.18. The molecule has 2 N–H and O–H groups in total. The van der Waals surface area contributed by atoms with Crippen molar-refractivity contribution in [2.75, 3.05) is 19.6 Å². The second kappa shape index (κ2) is 6.22. The van der Waals surface area contributed by atoms with Crippen LogP contribution in [0.1, 0.15) is 38.4 Å². The molecular weight excluding hydrogens is 212 g/mol. The largest absolute Gasteiger partial charge is 0.468 e. The molecule has 1 fully saturated rings. The minimum Gasteiger partial charge on any atom is -0.468 e. The third-order valence-electron chi connectivity index (χ3n) is 3.82. The van der Waals surface area contributed by atoms with Crippen LogP contribution in [-0.2, 0) is 6.54 Å². The molecule has 0 aromatic carbocycles. The molecule has 0 unspecified atom stereocenters. The average Bonchev–Trinajstić information content (AvgIpc) is 2.84. The summed E-state index contributed by atoms with van der Waals surface area (Å²) in [5, 5.41) is 7.02. The van der Waals surface area contributed by atoms with Crippen molar-refractivity contribution in [1.82, 2.24) is 10.6 Å². The van der Waals surface area contributed by atoms with Gasteiger partial charge < -0.3 is 15.1 Å². The van der Waals surface area contributed by atoms with Gasteiger partial charge in [0.1, 0.15) is 5.76 Å². The van der Waals surface area contributed by atoms with E-state index in [1.165, 1.54) is 38.8 Å². The smallest absolute Gasteiger partial charge is 0.117 e. The first kappa shape index (κ1) is 12.7. The molecule has 2 heterocycles. The molecule has 0 saturated carbocycles. The lowest BCUT2D eigenvalue weighted by Crippen LogP contribution is -2.43. The summed E-state index contributed by atoms with van der Waals surface area (Å²) in [4.78, 5) is 0. The predicted octanol–water partition coefficient (Wildman–Crippen LogP) is 2.54. The van der Waals surface area contributed by atoms with Gasteiger partial charge in [-0.25, -0.2) is 0 Å². The van der Waals surface area contributed by atoms with Crippen LogP contribution < -0.4 is 10.6 Å². The molecule has 1 saturated heterocycles. The number of piperidine rings is 1. The zero-order valence-corrected chi connectivity index (χ0v) is 10.8. The molecule has 3 nitrogen and oxygen atoms in total. The molecule has 3 heteroatoms. The summed E-state index contributed by atoms with van der Waals surface area (Å²) >= 11 is 0. The van der Waals surface area contributed by atoms with E-state index in [9.17, 15) is 0 Å². The van der Waals surface area contributed by atoms with Gasteiger partial charge in [0.05, 0.1) is 12.8 Å². The molecule has 96 valence electrons. The van der Waals surface area contributed by atoms with Crippen molar-refractivity contribution >= 4 is 0 Å². The summed E-state index contributed by atoms with van der Waals surface area (Å²) < 4.78 is 5.34. The predicted molar refractivity (Wildman–Crippen MR) is 69.9 cm³/mol. The second-order valence-electron chi connectivity index (χ2n) is 5.18. The summed E-state index contributed by atoms with van der Waals surface area (Å²) in [6.07, 6.45) is 6.95. The van der Waals surface area contributed by atoms with E-state index in [0.717, 1.165) is 18.8 Å². The molecule has 1 aliphatic rings. The van der Waals surface area contributed by atoms with E-state index in [4.69, 9.17) is 4.42 Å². The molecule has 1 aromatic heterocycles. The van der Waals surface area contributed by atoms with Gasteiger partial charge in [-0.15, -0.1) is 0 Å². The molecular formula is C14H24N2O. The van der Waals surface area contributed by atoms with Gasteiger partial charge in [0, 0.05) is 6.54 Å². The highest BCUT2D eigenvalue weighted by Gasteiger charge is 2.30. The Balaban J connectivity index is 1.80. The summed E-state index contributed by atoms with van der Waals surface area (Å²) in [5.41, 5.74) is 0.507. The highest BCUT2D eigenvalue weighted by atomic mass is 16.3. The third kappa shape index (κ3) is 3.58. The van der Waals surface area contributed by atoms with E-state index in [1.807, 2.05) is 12.1 Å². The highest BCUT2D eigenvalue weighted by molar-refractivity contribution is 4.98. The van der Waals surface area contributed by atoms with Crippen molar-refractivity contribution in [3.05, 3.63) is 24.2 Å². The van der Waals surface area contributed by atoms with Gasteiger partial charge in [0.2, 0.25) is 0 Å². The fourth-order valence-electron chi connectivity index (χ4n) is 2.87. The Morgan fingerprint density at radius 2 is 2.24 bits per heavy atom. The highest BCUT2D eigenvalue weighted by Crippen LogP contribution is 2.33. The normalized spacial score (nSPS) is 19.4. The molecule has 0 bridgehead atoms. The van der Waals surface area contributed by atoms with Crippen LogP contribution in [0.25, 0.3) is 0 Å². The van der Waals surface area contributed by atoms with Crippen molar-refractivity contribution in [2.24, 2.45) is 5.41 Å². The fourth-order valence-corrected chi connectivity index (χ4v) is 2.87. The van der Waals surface area contributed by atoms with Crippen molar-refractivity contribution < 1.29 is 4.42 Å². The van der Waals surface area contributed by atoms with Gasteiger partial charge in [0.15, 0.2) is 0 Å². The van der Waals surface area contributed by atoms with Crippen molar-refractivity contribution in [1.29, 1.82) is 0 Å². The minimum atomic E-state index is 0.507. The maximum atomic E-state index is 5.34. The number of hydrogen-bond donors (Lipinski definition) is 2. The first-order chi connectivity index (χ1) is 8.35. The first-order valence-electron chi connectivity index (χ1n) is 6.78. The Morgan fingerprint density at radius 3 is 2.88 bits per heavy atom. The molecule has 0 radical (unpaired) electrons. The number of hydrogen-bond acceptors (Lipinski definition) is 3. The van der Waals surface area contributed by atoms with Crippen LogP contribution in [0.4, 0.5) is 0 Å². The van der Waals surface area contributed by atoms with Crippen LogP contribution in [0.3, 0.4) is 0 Å². The van der Waals surface area contributed by atoms with Gasteiger partial charge >= 0.3 is 0 Å². The number of nitrogens with one attached hydrogen (secondary N) is 2.